The van der Waals surface area contributed by atoms with E-state index in [0.29, 0.717) is 5.70 Å². The molecule has 0 saturated heterocycles. The van der Waals surface area contributed by atoms with Gasteiger partial charge in [0.05, 0.1) is 0 Å². The Hall–Kier alpha value is -1.25. The summed E-state index contributed by atoms with van der Waals surface area (Å²) in [6, 6.07) is 0.183. The zero-order valence-corrected chi connectivity index (χ0v) is 10.5. The first kappa shape index (κ1) is 12.8. The summed E-state index contributed by atoms with van der Waals surface area (Å²) in [6.07, 6.45) is 7.06. The quantitative estimate of drug-likeness (QED) is 0.761. The van der Waals surface area contributed by atoms with Crippen molar-refractivity contribution in [2.45, 2.75) is 46.1 Å². The largest absolute Gasteiger partial charge is 0.326 e. The maximum Gasteiger partial charge on any atom is 0.326 e. The second kappa shape index (κ2) is 5.73. The molecule has 1 aliphatic rings. The minimum absolute atomic E-state index is 0.0656. The Kier molecular flexibility index (Phi) is 4.59. The highest BCUT2D eigenvalue weighted by Gasteiger charge is 2.20. The van der Waals surface area contributed by atoms with Crippen LogP contribution in [0.5, 0.6) is 0 Å². The van der Waals surface area contributed by atoms with Gasteiger partial charge in [-0.1, -0.05) is 26.8 Å². The van der Waals surface area contributed by atoms with Crippen molar-refractivity contribution in [1.82, 2.24) is 10.2 Å². The van der Waals surface area contributed by atoms with Crippen LogP contribution in [0.1, 0.15) is 40.0 Å². The summed E-state index contributed by atoms with van der Waals surface area (Å²) < 4.78 is 0. The zero-order valence-electron chi connectivity index (χ0n) is 10.5. The van der Waals surface area contributed by atoms with E-state index < -0.39 is 0 Å². The molecule has 3 nitrogen and oxygen atoms in total. The molecular formula is C13H22N2O. The van der Waals surface area contributed by atoms with Crippen LogP contribution in [0.25, 0.3) is 0 Å². The van der Waals surface area contributed by atoms with Crippen molar-refractivity contribution >= 4 is 6.03 Å². The van der Waals surface area contributed by atoms with Gasteiger partial charge >= 0.3 is 6.03 Å². The third-order valence-electron chi connectivity index (χ3n) is 3.19. The van der Waals surface area contributed by atoms with Gasteiger partial charge in [-0.3, -0.25) is 4.90 Å². The Balaban J connectivity index is 2.47. The predicted octanol–water partition coefficient (Wildman–Crippen LogP) is 3.25. The monoisotopic (exact) mass is 222 g/mol. The van der Waals surface area contributed by atoms with Crippen molar-refractivity contribution in [3.05, 3.63) is 24.6 Å². The molecule has 2 amide bonds. The summed E-state index contributed by atoms with van der Waals surface area (Å²) in [5.41, 5.74) is 0.662. The second-order valence-electron chi connectivity index (χ2n) is 4.62. The van der Waals surface area contributed by atoms with E-state index in [1.54, 1.807) is 4.90 Å². The Labute approximate surface area is 98.2 Å². The zero-order chi connectivity index (χ0) is 12.1. The first-order valence-corrected chi connectivity index (χ1v) is 6.01. The highest BCUT2D eigenvalue weighted by Crippen LogP contribution is 2.17. The lowest BCUT2D eigenvalue weighted by molar-refractivity contribution is 0.199. The fraction of sp³-hybridized carbons (Fsp3) is 0.615. The van der Waals surface area contributed by atoms with Crippen LogP contribution in [0.15, 0.2) is 24.6 Å². The van der Waals surface area contributed by atoms with Gasteiger partial charge in [-0.2, -0.15) is 0 Å². The average Bonchev–Trinajstić information content (AvgIpc) is 2.25. The van der Waals surface area contributed by atoms with E-state index in [1.807, 2.05) is 12.3 Å². The molecule has 90 valence electrons. The van der Waals surface area contributed by atoms with Crippen LogP contribution < -0.4 is 5.32 Å². The predicted molar refractivity (Wildman–Crippen MR) is 66.8 cm³/mol. The lowest BCUT2D eigenvalue weighted by Crippen LogP contribution is -2.43. The molecule has 0 fully saturated rings. The molecule has 16 heavy (non-hydrogen) atoms. The Morgan fingerprint density at radius 2 is 2.12 bits per heavy atom. The first-order valence-electron chi connectivity index (χ1n) is 6.01. The van der Waals surface area contributed by atoms with E-state index in [1.165, 1.54) is 6.42 Å². The smallest absolute Gasteiger partial charge is 0.308 e. The van der Waals surface area contributed by atoms with Crippen LogP contribution in [0, 0.1) is 5.92 Å². The number of nitrogens with zero attached hydrogens (tertiary/aromatic N) is 1. The van der Waals surface area contributed by atoms with Crippen LogP contribution in [-0.2, 0) is 0 Å². The van der Waals surface area contributed by atoms with E-state index >= 15 is 0 Å². The van der Waals surface area contributed by atoms with Gasteiger partial charge in [-0.25, -0.2) is 4.79 Å². The standard InChI is InChI=1S/C13H22N2O/c1-5-10(2)6-7-12(4)15-9-8-11(3)14-13(15)16/h8-10,12H,3,5-7H2,1-2,4H3,(H,14,16)/t10-,12-/m1/s1. The highest BCUT2D eigenvalue weighted by atomic mass is 16.2. The lowest BCUT2D eigenvalue weighted by atomic mass is 9.99. The minimum Gasteiger partial charge on any atom is -0.308 e. The minimum atomic E-state index is -0.0656. The molecule has 0 radical (unpaired) electrons. The Morgan fingerprint density at radius 1 is 1.44 bits per heavy atom. The summed E-state index contributed by atoms with van der Waals surface area (Å²) in [6.45, 7) is 10.2. The summed E-state index contributed by atoms with van der Waals surface area (Å²) >= 11 is 0. The van der Waals surface area contributed by atoms with Crippen LogP contribution in [0.2, 0.25) is 0 Å². The summed E-state index contributed by atoms with van der Waals surface area (Å²) in [4.78, 5) is 13.4. The number of hydrogen-bond donors (Lipinski definition) is 1. The number of nitrogens with one attached hydrogen (secondary N) is 1. The van der Waals surface area contributed by atoms with Gasteiger partial charge in [0.2, 0.25) is 0 Å². The van der Waals surface area contributed by atoms with Crippen molar-refractivity contribution < 1.29 is 4.79 Å². The second-order valence-corrected chi connectivity index (χ2v) is 4.62. The molecular weight excluding hydrogens is 200 g/mol. The summed E-state index contributed by atoms with van der Waals surface area (Å²) in [7, 11) is 0. The maximum atomic E-state index is 11.7. The van der Waals surface area contributed by atoms with E-state index in [4.69, 9.17) is 0 Å². The first-order chi connectivity index (χ1) is 7.54. The molecule has 0 spiro atoms. The van der Waals surface area contributed by atoms with Crippen molar-refractivity contribution in [1.29, 1.82) is 0 Å². The molecule has 2 atom stereocenters. The number of allylic oxidation sites excluding steroid dienone is 1. The number of urea groups is 1. The van der Waals surface area contributed by atoms with Crippen molar-refractivity contribution in [2.75, 3.05) is 0 Å². The molecule has 0 aromatic carbocycles. The van der Waals surface area contributed by atoms with E-state index in [9.17, 15) is 4.79 Å². The molecule has 1 rings (SSSR count). The highest BCUT2D eigenvalue weighted by molar-refractivity contribution is 5.79. The molecule has 1 aliphatic heterocycles. The van der Waals surface area contributed by atoms with Crippen molar-refractivity contribution in [3.8, 4) is 0 Å². The number of amides is 2. The van der Waals surface area contributed by atoms with Crippen molar-refractivity contribution in [2.24, 2.45) is 5.92 Å². The molecule has 0 aromatic rings. The molecule has 0 bridgehead atoms. The van der Waals surface area contributed by atoms with E-state index in [-0.39, 0.29) is 12.1 Å². The van der Waals surface area contributed by atoms with Gasteiger partial charge in [0.25, 0.3) is 0 Å². The van der Waals surface area contributed by atoms with Crippen LogP contribution in [0.3, 0.4) is 0 Å². The van der Waals surface area contributed by atoms with Crippen LogP contribution in [0.4, 0.5) is 4.79 Å². The molecule has 0 aliphatic carbocycles. The molecule has 0 aromatic heterocycles. The van der Waals surface area contributed by atoms with Gasteiger partial charge in [-0.05, 0) is 31.8 Å². The van der Waals surface area contributed by atoms with Gasteiger partial charge < -0.3 is 5.32 Å². The third kappa shape index (κ3) is 3.40. The van der Waals surface area contributed by atoms with Gasteiger partial charge in [0, 0.05) is 17.9 Å². The maximum absolute atomic E-state index is 11.7. The number of carbonyl (C=O) groups excluding carboxylic acids is 1. The molecule has 3 heteroatoms. The molecule has 0 saturated carbocycles. The third-order valence-corrected chi connectivity index (χ3v) is 3.19. The lowest BCUT2D eigenvalue weighted by Gasteiger charge is -2.29. The SMILES string of the molecule is C=C1C=CN([C@H](C)CC[C@H](C)CC)C(=O)N1. The number of hydrogen-bond acceptors (Lipinski definition) is 1. The van der Waals surface area contributed by atoms with Gasteiger partial charge in [-0.15, -0.1) is 0 Å². The van der Waals surface area contributed by atoms with Crippen LogP contribution in [-0.4, -0.2) is 17.0 Å². The molecule has 1 heterocycles. The summed E-state index contributed by atoms with van der Waals surface area (Å²) in [5.74, 6) is 0.731. The van der Waals surface area contributed by atoms with Crippen LogP contribution >= 0.6 is 0 Å². The van der Waals surface area contributed by atoms with E-state index in [0.717, 1.165) is 18.8 Å². The average molecular weight is 222 g/mol. The normalized spacial score (nSPS) is 19.6. The fourth-order valence-corrected chi connectivity index (χ4v) is 1.70. The number of carbonyl (C=O) groups is 1. The van der Waals surface area contributed by atoms with Gasteiger partial charge in [0.15, 0.2) is 0 Å². The molecule has 0 unspecified atom stereocenters. The van der Waals surface area contributed by atoms with E-state index in [2.05, 4.69) is 32.7 Å². The number of rotatable bonds is 5. The summed E-state index contributed by atoms with van der Waals surface area (Å²) in [5, 5.41) is 2.72. The Bertz CT molecular complexity index is 296. The molecule has 1 N–H and O–H groups in total. The van der Waals surface area contributed by atoms with Crippen molar-refractivity contribution in [3.63, 3.8) is 0 Å². The van der Waals surface area contributed by atoms with Gasteiger partial charge in [0.1, 0.15) is 0 Å². The topological polar surface area (TPSA) is 32.3 Å². The Morgan fingerprint density at radius 3 is 2.69 bits per heavy atom. The fourth-order valence-electron chi connectivity index (χ4n) is 1.70.